The average molecular weight is 544 g/mol. The Labute approximate surface area is 216 Å². The second-order valence-electron chi connectivity index (χ2n) is 9.23. The molecule has 35 heavy (non-hydrogen) atoms. The van der Waals surface area contributed by atoms with Crippen molar-refractivity contribution in [2.24, 2.45) is 0 Å². The summed E-state index contributed by atoms with van der Waals surface area (Å²) in [6.45, 7) is 3.20. The van der Waals surface area contributed by atoms with Gasteiger partial charge >= 0.3 is 0 Å². The van der Waals surface area contributed by atoms with E-state index in [1.165, 1.54) is 37.0 Å². The molecule has 1 saturated carbocycles. The summed E-state index contributed by atoms with van der Waals surface area (Å²) in [6, 6.07) is 6.36. The Hall–Kier alpha value is -2.64. The largest absolute Gasteiger partial charge is 0.496 e. The van der Waals surface area contributed by atoms with Crippen molar-refractivity contribution in [2.75, 3.05) is 29.2 Å². The molecule has 2 aromatic rings. The molecule has 10 heteroatoms. The van der Waals surface area contributed by atoms with Gasteiger partial charge in [0.25, 0.3) is 0 Å². The van der Waals surface area contributed by atoms with E-state index in [4.69, 9.17) is 9.72 Å². The van der Waals surface area contributed by atoms with Crippen LogP contribution in [0.2, 0.25) is 0 Å². The van der Waals surface area contributed by atoms with Crippen LogP contribution in [-0.2, 0) is 0 Å². The van der Waals surface area contributed by atoms with Gasteiger partial charge in [0.15, 0.2) is 6.19 Å². The van der Waals surface area contributed by atoms with Gasteiger partial charge in [0, 0.05) is 18.1 Å². The fourth-order valence-corrected chi connectivity index (χ4v) is 5.45. The summed E-state index contributed by atoms with van der Waals surface area (Å²) in [4.78, 5) is 15.5. The maximum atomic E-state index is 10.1. The lowest BCUT2D eigenvalue weighted by Crippen LogP contribution is -2.40. The summed E-state index contributed by atoms with van der Waals surface area (Å²) < 4.78 is 6.09. The van der Waals surface area contributed by atoms with Crippen LogP contribution in [0.5, 0.6) is 5.75 Å². The van der Waals surface area contributed by atoms with Crippen LogP contribution in [0.15, 0.2) is 22.7 Å². The first-order valence-corrected chi connectivity index (χ1v) is 13.5. The maximum Gasteiger partial charge on any atom is 0.250 e. The second-order valence-corrected chi connectivity index (χ2v) is 10.1. The van der Waals surface area contributed by atoms with E-state index < -0.39 is 0 Å². The smallest absolute Gasteiger partial charge is 0.250 e. The van der Waals surface area contributed by atoms with Gasteiger partial charge in [-0.2, -0.15) is 20.2 Å². The quantitative estimate of drug-likeness (QED) is 0.219. The van der Waals surface area contributed by atoms with Crippen LogP contribution in [0.1, 0.15) is 64.7 Å². The topological polar surface area (TPSA) is 111 Å². The second kappa shape index (κ2) is 12.4. The Morgan fingerprint density at radius 2 is 1.91 bits per heavy atom. The van der Waals surface area contributed by atoms with Gasteiger partial charge in [0.05, 0.1) is 17.3 Å². The summed E-state index contributed by atoms with van der Waals surface area (Å²) in [5.41, 5.74) is 0.641. The number of nitriles is 1. The van der Waals surface area contributed by atoms with Crippen LogP contribution in [0.25, 0.3) is 0 Å². The Bertz CT molecular complexity index is 1020. The molecule has 2 aliphatic rings. The van der Waals surface area contributed by atoms with Gasteiger partial charge < -0.3 is 20.7 Å². The Balaban J connectivity index is 1.66. The normalized spacial score (nSPS) is 19.4. The predicted molar refractivity (Wildman–Crippen MR) is 142 cm³/mol. The number of rotatable bonds is 9. The Morgan fingerprint density at radius 3 is 2.54 bits per heavy atom. The summed E-state index contributed by atoms with van der Waals surface area (Å²) in [7, 11) is 1.61. The molecule has 0 bridgehead atoms. The van der Waals surface area contributed by atoms with Crippen molar-refractivity contribution >= 4 is 39.5 Å². The monoisotopic (exact) mass is 542 g/mol. The van der Waals surface area contributed by atoms with E-state index in [1.54, 1.807) is 7.11 Å². The van der Waals surface area contributed by atoms with Crippen molar-refractivity contribution in [3.05, 3.63) is 22.7 Å². The van der Waals surface area contributed by atoms with Gasteiger partial charge in [-0.15, -0.1) is 0 Å². The van der Waals surface area contributed by atoms with Crippen LogP contribution in [0.3, 0.4) is 0 Å². The summed E-state index contributed by atoms with van der Waals surface area (Å²) >= 11 is 3.51. The maximum absolute atomic E-state index is 10.1. The molecule has 3 N–H and O–H groups in total. The summed E-state index contributed by atoms with van der Waals surface area (Å²) in [6.07, 6.45) is 12.6. The lowest BCUT2D eigenvalue weighted by molar-refractivity contribution is 0.412. The van der Waals surface area contributed by atoms with Crippen molar-refractivity contribution < 1.29 is 4.74 Å². The third-order valence-electron chi connectivity index (χ3n) is 6.84. The van der Waals surface area contributed by atoms with Crippen molar-refractivity contribution in [1.29, 1.82) is 5.26 Å². The first-order valence-electron chi connectivity index (χ1n) is 12.7. The number of hydrogen-bond donors (Lipinski definition) is 3. The van der Waals surface area contributed by atoms with Crippen LogP contribution >= 0.6 is 15.9 Å². The minimum absolute atomic E-state index is 0.198. The van der Waals surface area contributed by atoms with Gasteiger partial charge in [-0.1, -0.05) is 32.6 Å². The number of hydrogen-bond acceptors (Lipinski definition) is 9. The number of methoxy groups -OCH3 is 1. The van der Waals surface area contributed by atoms with Gasteiger partial charge in [-0.05, 0) is 72.8 Å². The number of benzene rings is 1. The number of halogens is 1. The molecular weight excluding hydrogens is 508 g/mol. The van der Waals surface area contributed by atoms with Gasteiger partial charge in [0.1, 0.15) is 5.75 Å². The highest BCUT2D eigenvalue weighted by molar-refractivity contribution is 9.10. The van der Waals surface area contributed by atoms with E-state index in [-0.39, 0.29) is 12.0 Å². The molecule has 1 saturated heterocycles. The zero-order chi connectivity index (χ0) is 24.6. The molecule has 1 aromatic heterocycles. The number of nitrogens with zero attached hydrogens (tertiary/aromatic N) is 5. The highest BCUT2D eigenvalue weighted by Gasteiger charge is 2.25. The van der Waals surface area contributed by atoms with E-state index >= 15 is 0 Å². The van der Waals surface area contributed by atoms with Crippen LogP contribution in [-0.4, -0.2) is 46.7 Å². The summed E-state index contributed by atoms with van der Waals surface area (Å²) in [5.74, 6) is 1.97. The third-order valence-corrected chi connectivity index (χ3v) is 7.46. The molecule has 4 rings (SSSR count). The fraction of sp³-hybridized carbons (Fsp3) is 0.600. The van der Waals surface area contributed by atoms with Crippen LogP contribution in [0.4, 0.5) is 23.5 Å². The van der Waals surface area contributed by atoms with Crippen LogP contribution < -0.4 is 25.6 Å². The molecule has 1 aliphatic heterocycles. The van der Waals surface area contributed by atoms with Crippen molar-refractivity contribution in [3.8, 4) is 11.9 Å². The van der Waals surface area contributed by atoms with E-state index in [9.17, 15) is 5.26 Å². The summed E-state index contributed by atoms with van der Waals surface area (Å²) in [5, 5.41) is 20.7. The van der Waals surface area contributed by atoms with E-state index in [1.807, 2.05) is 18.2 Å². The van der Waals surface area contributed by atoms with Gasteiger partial charge in [0.2, 0.25) is 17.8 Å². The first-order chi connectivity index (χ1) is 17.1. The SMILES string of the molecule is CCC(Nc1nc(NC2CCCCCC2)nc(N(C#N)c2ccc(OC)c(Br)c2)n1)C1CCCN1. The van der Waals surface area contributed by atoms with Crippen molar-refractivity contribution in [1.82, 2.24) is 20.3 Å². The zero-order valence-corrected chi connectivity index (χ0v) is 22.1. The third kappa shape index (κ3) is 6.53. The number of anilines is 4. The lowest BCUT2D eigenvalue weighted by atomic mass is 10.0. The molecule has 9 nitrogen and oxygen atoms in total. The molecule has 2 atom stereocenters. The molecule has 2 heterocycles. The fourth-order valence-electron chi connectivity index (χ4n) is 4.92. The zero-order valence-electron chi connectivity index (χ0n) is 20.6. The minimum Gasteiger partial charge on any atom is -0.496 e. The molecule has 1 aliphatic carbocycles. The Kier molecular flexibility index (Phi) is 8.99. The number of aromatic nitrogens is 3. The molecule has 2 fully saturated rings. The first kappa shape index (κ1) is 25.5. The molecule has 1 aromatic carbocycles. The number of ether oxygens (including phenoxy) is 1. The van der Waals surface area contributed by atoms with E-state index in [0.717, 1.165) is 36.7 Å². The lowest BCUT2D eigenvalue weighted by Gasteiger charge is -2.25. The molecule has 0 radical (unpaired) electrons. The number of nitrogens with one attached hydrogen (secondary N) is 3. The van der Waals surface area contributed by atoms with Crippen molar-refractivity contribution in [3.63, 3.8) is 0 Å². The highest BCUT2D eigenvalue weighted by atomic mass is 79.9. The highest BCUT2D eigenvalue weighted by Crippen LogP contribution is 2.32. The van der Waals surface area contributed by atoms with Crippen molar-refractivity contribution in [2.45, 2.75) is 82.8 Å². The van der Waals surface area contributed by atoms with Crippen LogP contribution in [0, 0.1) is 11.5 Å². The molecule has 0 spiro atoms. The molecule has 188 valence electrons. The molecule has 2 unspecified atom stereocenters. The minimum atomic E-state index is 0.198. The van der Waals surface area contributed by atoms with Gasteiger partial charge in [-0.25, -0.2) is 4.90 Å². The average Bonchev–Trinajstić information content (AvgIpc) is 3.28. The predicted octanol–water partition coefficient (Wildman–Crippen LogP) is 5.34. The molecular formula is C25H35BrN8O. The van der Waals surface area contributed by atoms with E-state index in [0.29, 0.717) is 35.4 Å². The van der Waals surface area contributed by atoms with E-state index in [2.05, 4.69) is 55.0 Å². The Morgan fingerprint density at radius 1 is 1.14 bits per heavy atom. The molecule has 0 amide bonds. The standard InChI is InChI=1S/C25H35BrN8O/c1-3-20(21-11-8-14-28-21)30-24-31-23(29-17-9-6-4-5-7-10-17)32-25(33-24)34(16-27)18-12-13-22(35-2)19(26)15-18/h12-13,15,17,20-21,28H,3-11,14H2,1-2H3,(H2,29,30,31,32,33). The van der Waals surface area contributed by atoms with Gasteiger partial charge in [-0.3, -0.25) is 0 Å².